The number of likely N-dealkylation sites (N-methyl/N-ethyl adjacent to an activating group) is 1. The van der Waals surface area contributed by atoms with Crippen LogP contribution in [-0.2, 0) is 19.1 Å². The molecule has 0 amide bonds. The summed E-state index contributed by atoms with van der Waals surface area (Å²) in [6.07, 6.45) is -3.52. The number of fused-ring (bicyclic) bond motifs is 1. The topological polar surface area (TPSA) is 3.24 Å². The summed E-state index contributed by atoms with van der Waals surface area (Å²) >= 11 is 0. The highest BCUT2D eigenvalue weighted by Crippen LogP contribution is 2.35. The average molecular weight is 229 g/mol. The van der Waals surface area contributed by atoms with Crippen molar-refractivity contribution in [2.75, 3.05) is 13.1 Å². The third-order valence-corrected chi connectivity index (χ3v) is 3.10. The van der Waals surface area contributed by atoms with Gasteiger partial charge in [0.1, 0.15) is 0 Å². The van der Waals surface area contributed by atoms with Crippen molar-refractivity contribution in [2.24, 2.45) is 0 Å². The Bertz CT molecular complexity index is 384. The first kappa shape index (κ1) is 11.5. The van der Waals surface area contributed by atoms with Crippen molar-refractivity contribution in [3.05, 3.63) is 34.9 Å². The number of alkyl halides is 3. The Balaban J connectivity index is 2.42. The van der Waals surface area contributed by atoms with E-state index in [0.29, 0.717) is 18.5 Å². The molecule has 0 aromatic heterocycles. The van der Waals surface area contributed by atoms with Gasteiger partial charge in [-0.05, 0) is 30.2 Å². The summed E-state index contributed by atoms with van der Waals surface area (Å²) in [5, 5.41) is 0. The Morgan fingerprint density at radius 2 is 2.06 bits per heavy atom. The van der Waals surface area contributed by atoms with Gasteiger partial charge in [-0.15, -0.1) is 0 Å². The molecule has 1 aromatic rings. The van der Waals surface area contributed by atoms with E-state index in [1.54, 1.807) is 6.07 Å². The van der Waals surface area contributed by atoms with Crippen molar-refractivity contribution in [3.8, 4) is 0 Å². The summed E-state index contributed by atoms with van der Waals surface area (Å²) in [5.74, 6) is 0. The zero-order valence-corrected chi connectivity index (χ0v) is 9.14. The molecule has 0 bridgehead atoms. The summed E-state index contributed by atoms with van der Waals surface area (Å²) in [7, 11) is 0. The molecule has 0 fully saturated rings. The fourth-order valence-electron chi connectivity index (χ4n) is 2.17. The molecule has 1 heterocycles. The summed E-state index contributed by atoms with van der Waals surface area (Å²) < 4.78 is 38.4. The molecular weight excluding hydrogens is 215 g/mol. The minimum absolute atomic E-state index is 0.418. The van der Waals surface area contributed by atoms with Gasteiger partial charge in [-0.25, -0.2) is 0 Å². The molecule has 4 heteroatoms. The second kappa shape index (κ2) is 4.09. The predicted molar refractivity (Wildman–Crippen MR) is 56.1 cm³/mol. The van der Waals surface area contributed by atoms with Crippen molar-refractivity contribution in [2.45, 2.75) is 26.1 Å². The lowest BCUT2D eigenvalue weighted by Gasteiger charge is -2.29. The Morgan fingerprint density at radius 3 is 2.69 bits per heavy atom. The van der Waals surface area contributed by atoms with Crippen LogP contribution in [0.4, 0.5) is 13.2 Å². The first-order valence-corrected chi connectivity index (χ1v) is 5.42. The van der Waals surface area contributed by atoms with Crippen molar-refractivity contribution in [1.82, 2.24) is 4.90 Å². The average Bonchev–Trinajstić information content (AvgIpc) is 2.26. The van der Waals surface area contributed by atoms with Crippen LogP contribution in [0.2, 0.25) is 0 Å². The second-order valence-corrected chi connectivity index (χ2v) is 4.06. The van der Waals surface area contributed by atoms with E-state index in [4.69, 9.17) is 0 Å². The van der Waals surface area contributed by atoms with E-state index in [0.717, 1.165) is 18.7 Å². The third kappa shape index (κ3) is 2.07. The van der Waals surface area contributed by atoms with Gasteiger partial charge in [0.25, 0.3) is 0 Å². The summed E-state index contributed by atoms with van der Waals surface area (Å²) in [4.78, 5) is 2.04. The van der Waals surface area contributed by atoms with E-state index in [1.165, 1.54) is 12.1 Å². The molecule has 1 aromatic carbocycles. The van der Waals surface area contributed by atoms with E-state index < -0.39 is 11.7 Å². The normalized spacial score (nSPS) is 17.2. The molecule has 1 nitrogen and oxygen atoms in total. The summed E-state index contributed by atoms with van der Waals surface area (Å²) in [5.41, 5.74) is 0.839. The van der Waals surface area contributed by atoms with Crippen LogP contribution in [0.15, 0.2) is 18.2 Å². The molecule has 0 spiro atoms. The maximum Gasteiger partial charge on any atom is 0.416 e. The monoisotopic (exact) mass is 229 g/mol. The van der Waals surface area contributed by atoms with Gasteiger partial charge in [-0.2, -0.15) is 13.2 Å². The molecule has 0 N–H and O–H groups in total. The minimum Gasteiger partial charge on any atom is -0.299 e. The lowest BCUT2D eigenvalue weighted by molar-refractivity contribution is -0.138. The quantitative estimate of drug-likeness (QED) is 0.715. The molecule has 0 atom stereocenters. The highest BCUT2D eigenvalue weighted by Gasteiger charge is 2.35. The van der Waals surface area contributed by atoms with Crippen LogP contribution >= 0.6 is 0 Å². The number of rotatable bonds is 1. The second-order valence-electron chi connectivity index (χ2n) is 4.06. The molecule has 1 aliphatic rings. The Kier molecular flexibility index (Phi) is 2.93. The molecule has 16 heavy (non-hydrogen) atoms. The maximum atomic E-state index is 12.8. The van der Waals surface area contributed by atoms with Crippen LogP contribution in [-0.4, -0.2) is 18.0 Å². The zero-order valence-electron chi connectivity index (χ0n) is 9.14. The van der Waals surface area contributed by atoms with Gasteiger partial charge in [0.2, 0.25) is 0 Å². The number of nitrogens with zero attached hydrogens (tertiary/aromatic N) is 1. The zero-order chi connectivity index (χ0) is 11.8. The molecule has 0 unspecified atom stereocenters. The predicted octanol–water partition coefficient (Wildman–Crippen LogP) is 3.08. The SMILES string of the molecule is CCN1CCc2cccc(C(F)(F)F)c2C1. The van der Waals surface area contributed by atoms with E-state index >= 15 is 0 Å². The summed E-state index contributed by atoms with van der Waals surface area (Å²) in [6, 6.07) is 4.48. The van der Waals surface area contributed by atoms with E-state index in [1.807, 2.05) is 11.8 Å². The minimum atomic E-state index is -4.23. The molecule has 1 aliphatic heterocycles. The lowest BCUT2D eigenvalue weighted by Crippen LogP contribution is -2.31. The fraction of sp³-hybridized carbons (Fsp3) is 0.500. The van der Waals surface area contributed by atoms with Gasteiger partial charge in [0.05, 0.1) is 5.56 Å². The molecule has 0 saturated carbocycles. The van der Waals surface area contributed by atoms with E-state index in [9.17, 15) is 13.2 Å². The molecule has 0 radical (unpaired) electrons. The first-order chi connectivity index (χ1) is 7.52. The van der Waals surface area contributed by atoms with Crippen LogP contribution in [0.5, 0.6) is 0 Å². The van der Waals surface area contributed by atoms with Crippen LogP contribution < -0.4 is 0 Å². The van der Waals surface area contributed by atoms with Crippen molar-refractivity contribution >= 4 is 0 Å². The first-order valence-electron chi connectivity index (χ1n) is 5.42. The smallest absolute Gasteiger partial charge is 0.299 e. The molecule has 0 aliphatic carbocycles. The van der Waals surface area contributed by atoms with Crippen LogP contribution in [0.1, 0.15) is 23.6 Å². The number of halogens is 3. The van der Waals surface area contributed by atoms with E-state index in [-0.39, 0.29) is 0 Å². The van der Waals surface area contributed by atoms with E-state index in [2.05, 4.69) is 0 Å². The highest BCUT2D eigenvalue weighted by molar-refractivity contribution is 5.38. The molecule has 2 rings (SSSR count). The van der Waals surface area contributed by atoms with Crippen LogP contribution in [0, 0.1) is 0 Å². The van der Waals surface area contributed by atoms with Crippen LogP contribution in [0.25, 0.3) is 0 Å². The fourth-order valence-corrected chi connectivity index (χ4v) is 2.17. The molecule has 88 valence electrons. The maximum absolute atomic E-state index is 12.8. The number of hydrogen-bond donors (Lipinski definition) is 0. The Hall–Kier alpha value is -1.03. The van der Waals surface area contributed by atoms with Gasteiger partial charge in [-0.3, -0.25) is 4.90 Å². The van der Waals surface area contributed by atoms with Crippen molar-refractivity contribution in [3.63, 3.8) is 0 Å². The summed E-state index contributed by atoms with van der Waals surface area (Å²) in [6.45, 7) is 4.04. The number of hydrogen-bond acceptors (Lipinski definition) is 1. The van der Waals surface area contributed by atoms with Gasteiger partial charge < -0.3 is 0 Å². The lowest BCUT2D eigenvalue weighted by atomic mass is 9.94. The van der Waals surface area contributed by atoms with Crippen molar-refractivity contribution in [1.29, 1.82) is 0 Å². The van der Waals surface area contributed by atoms with Gasteiger partial charge >= 0.3 is 6.18 Å². The Labute approximate surface area is 92.9 Å². The largest absolute Gasteiger partial charge is 0.416 e. The third-order valence-electron chi connectivity index (χ3n) is 3.10. The van der Waals surface area contributed by atoms with Crippen molar-refractivity contribution < 1.29 is 13.2 Å². The van der Waals surface area contributed by atoms with Gasteiger partial charge in [0.15, 0.2) is 0 Å². The molecule has 0 saturated heterocycles. The number of benzene rings is 1. The van der Waals surface area contributed by atoms with Gasteiger partial charge in [-0.1, -0.05) is 19.1 Å². The highest BCUT2D eigenvalue weighted by atomic mass is 19.4. The van der Waals surface area contributed by atoms with Gasteiger partial charge in [0, 0.05) is 13.1 Å². The Morgan fingerprint density at radius 1 is 1.31 bits per heavy atom. The van der Waals surface area contributed by atoms with Crippen LogP contribution in [0.3, 0.4) is 0 Å². The standard InChI is InChI=1S/C12H14F3N/c1-2-16-7-6-9-4-3-5-11(10(9)8-16)12(13,14)15/h3-5H,2,6-8H2,1H3. The molecular formula is C12H14F3N.